The number of carbonyl (C=O) groups excluding carboxylic acids is 2. The van der Waals surface area contributed by atoms with Crippen LogP contribution in [0.1, 0.15) is 19.8 Å². The molecule has 0 aromatic carbocycles. The fourth-order valence-electron chi connectivity index (χ4n) is 2.99. The van der Waals surface area contributed by atoms with Crippen molar-refractivity contribution >= 4 is 11.8 Å². The first-order chi connectivity index (χ1) is 8.88. The number of nitrogens with one attached hydrogen (secondary N) is 2. The summed E-state index contributed by atoms with van der Waals surface area (Å²) in [4.78, 5) is 24.9. The molecule has 2 amide bonds. The lowest BCUT2D eigenvalue weighted by Gasteiger charge is -2.44. The van der Waals surface area contributed by atoms with Crippen LogP contribution >= 0.6 is 0 Å². The van der Waals surface area contributed by atoms with E-state index in [1.165, 1.54) is 6.92 Å². The molecule has 1 spiro atoms. The molecule has 4 atom stereocenters. The van der Waals surface area contributed by atoms with E-state index in [0.29, 0.717) is 13.1 Å². The monoisotopic (exact) mass is 270 g/mol. The quantitative estimate of drug-likeness (QED) is 0.423. The molecular formula is C12H22N4O3. The largest absolute Gasteiger partial charge is 0.391 e. The minimum absolute atomic E-state index is 0.0828. The van der Waals surface area contributed by atoms with Crippen LogP contribution in [0.15, 0.2) is 0 Å². The number of amides is 2. The third kappa shape index (κ3) is 2.33. The van der Waals surface area contributed by atoms with E-state index in [0.717, 1.165) is 12.8 Å². The zero-order valence-corrected chi connectivity index (χ0v) is 11.3. The smallest absolute Gasteiger partial charge is 0.242 e. The van der Waals surface area contributed by atoms with Gasteiger partial charge in [-0.2, -0.15) is 0 Å². The van der Waals surface area contributed by atoms with Crippen molar-refractivity contribution in [3.05, 3.63) is 0 Å². The first kappa shape index (κ1) is 14.2. The highest BCUT2D eigenvalue weighted by Crippen LogP contribution is 2.36. The zero-order valence-electron chi connectivity index (χ0n) is 11.3. The average Bonchev–Trinajstić information content (AvgIpc) is 2.67. The SMILES string of the molecule is C[C@@H](O)[C@H](NCC1CCC2(CNC2=O)N1C)C(N)=O. The van der Waals surface area contributed by atoms with Crippen LogP contribution in [-0.2, 0) is 9.59 Å². The topological polar surface area (TPSA) is 108 Å². The molecule has 0 bridgehead atoms. The van der Waals surface area contributed by atoms with Crippen LogP contribution in [0.4, 0.5) is 0 Å². The normalized spacial score (nSPS) is 33.8. The minimum atomic E-state index is -0.829. The Morgan fingerprint density at radius 3 is 2.79 bits per heavy atom. The summed E-state index contributed by atoms with van der Waals surface area (Å²) in [5.74, 6) is -0.480. The maximum absolute atomic E-state index is 11.7. The van der Waals surface area contributed by atoms with Gasteiger partial charge in [0.15, 0.2) is 0 Å². The number of likely N-dealkylation sites (tertiary alicyclic amines) is 1. The van der Waals surface area contributed by atoms with Gasteiger partial charge in [-0.3, -0.25) is 14.5 Å². The maximum atomic E-state index is 11.7. The van der Waals surface area contributed by atoms with Crippen molar-refractivity contribution in [1.82, 2.24) is 15.5 Å². The molecule has 2 saturated heterocycles. The molecule has 2 unspecified atom stereocenters. The first-order valence-electron chi connectivity index (χ1n) is 6.60. The zero-order chi connectivity index (χ0) is 14.2. The summed E-state index contributed by atoms with van der Waals surface area (Å²) in [6.07, 6.45) is 0.893. The molecule has 108 valence electrons. The Morgan fingerprint density at radius 1 is 1.74 bits per heavy atom. The van der Waals surface area contributed by atoms with E-state index in [2.05, 4.69) is 15.5 Å². The number of aliphatic hydroxyl groups excluding tert-OH is 1. The van der Waals surface area contributed by atoms with Crippen molar-refractivity contribution in [2.24, 2.45) is 5.73 Å². The Morgan fingerprint density at radius 2 is 2.42 bits per heavy atom. The third-order valence-electron chi connectivity index (χ3n) is 4.44. The Bertz CT molecular complexity index is 387. The molecule has 0 radical (unpaired) electrons. The lowest BCUT2D eigenvalue weighted by Crippen LogP contribution is -2.71. The van der Waals surface area contributed by atoms with E-state index < -0.39 is 18.1 Å². The Kier molecular flexibility index (Phi) is 3.80. The van der Waals surface area contributed by atoms with Gasteiger partial charge in [-0.1, -0.05) is 0 Å². The highest BCUT2D eigenvalue weighted by Gasteiger charge is 2.55. The van der Waals surface area contributed by atoms with Gasteiger partial charge >= 0.3 is 0 Å². The highest BCUT2D eigenvalue weighted by atomic mass is 16.3. The second-order valence-corrected chi connectivity index (χ2v) is 5.55. The van der Waals surface area contributed by atoms with Crippen molar-refractivity contribution in [1.29, 1.82) is 0 Å². The summed E-state index contributed by atoms with van der Waals surface area (Å²) in [5, 5.41) is 15.3. The number of nitrogens with two attached hydrogens (primary N) is 1. The molecule has 2 fully saturated rings. The van der Waals surface area contributed by atoms with E-state index >= 15 is 0 Å². The molecule has 0 aliphatic carbocycles. The number of hydrogen-bond donors (Lipinski definition) is 4. The molecule has 2 heterocycles. The highest BCUT2D eigenvalue weighted by molar-refractivity contribution is 5.93. The van der Waals surface area contributed by atoms with Crippen molar-refractivity contribution in [2.75, 3.05) is 20.1 Å². The number of β-lactam (4-membered cyclic amide) rings is 1. The predicted octanol–water partition coefficient (Wildman–Crippen LogP) is -2.23. The van der Waals surface area contributed by atoms with Crippen LogP contribution in [-0.4, -0.2) is 65.7 Å². The lowest BCUT2D eigenvalue weighted by molar-refractivity contribution is -0.141. The summed E-state index contributed by atoms with van der Waals surface area (Å²) >= 11 is 0. The van der Waals surface area contributed by atoms with Crippen LogP contribution in [0.25, 0.3) is 0 Å². The Labute approximate surface area is 112 Å². The summed E-state index contributed by atoms with van der Waals surface area (Å²) in [7, 11) is 1.93. The van der Waals surface area contributed by atoms with E-state index in [1.54, 1.807) is 0 Å². The third-order valence-corrected chi connectivity index (χ3v) is 4.44. The molecule has 5 N–H and O–H groups in total. The van der Waals surface area contributed by atoms with Crippen molar-refractivity contribution in [2.45, 2.75) is 43.5 Å². The van der Waals surface area contributed by atoms with Gasteiger partial charge in [-0.15, -0.1) is 0 Å². The van der Waals surface area contributed by atoms with Gasteiger partial charge in [0.05, 0.1) is 6.10 Å². The number of hydrogen-bond acceptors (Lipinski definition) is 5. The number of rotatable bonds is 5. The molecule has 19 heavy (non-hydrogen) atoms. The molecule has 7 heteroatoms. The van der Waals surface area contributed by atoms with Crippen LogP contribution in [0.2, 0.25) is 0 Å². The molecule has 2 aliphatic heterocycles. The summed E-state index contributed by atoms with van der Waals surface area (Å²) in [5.41, 5.74) is 4.87. The van der Waals surface area contributed by atoms with E-state index in [9.17, 15) is 14.7 Å². The van der Waals surface area contributed by atoms with Gasteiger partial charge in [0.2, 0.25) is 11.8 Å². The molecule has 0 saturated carbocycles. The second kappa shape index (κ2) is 5.07. The summed E-state index contributed by atoms with van der Waals surface area (Å²) in [6, 6.07) is -0.577. The molecular weight excluding hydrogens is 248 g/mol. The van der Waals surface area contributed by atoms with Gasteiger partial charge in [0, 0.05) is 19.1 Å². The van der Waals surface area contributed by atoms with E-state index in [4.69, 9.17) is 5.73 Å². The number of likely N-dealkylation sites (N-methyl/N-ethyl adjacent to an activating group) is 1. The number of nitrogens with zero attached hydrogens (tertiary/aromatic N) is 1. The lowest BCUT2D eigenvalue weighted by atomic mass is 9.89. The minimum Gasteiger partial charge on any atom is -0.391 e. The van der Waals surface area contributed by atoms with Gasteiger partial charge in [-0.05, 0) is 26.8 Å². The molecule has 2 aliphatic rings. The summed E-state index contributed by atoms with van der Waals surface area (Å²) in [6.45, 7) is 2.75. The first-order valence-corrected chi connectivity index (χ1v) is 6.60. The second-order valence-electron chi connectivity index (χ2n) is 5.55. The van der Waals surface area contributed by atoms with Crippen molar-refractivity contribution in [3.63, 3.8) is 0 Å². The van der Waals surface area contributed by atoms with Gasteiger partial charge in [0.25, 0.3) is 0 Å². The fraction of sp³-hybridized carbons (Fsp3) is 0.833. The Balaban J connectivity index is 1.91. The van der Waals surface area contributed by atoms with Gasteiger partial charge in [0.1, 0.15) is 11.6 Å². The fourth-order valence-corrected chi connectivity index (χ4v) is 2.99. The standard InChI is InChI=1S/C12H22N4O3/c1-7(17)9(10(13)18)14-5-8-3-4-12(16(8)2)6-15-11(12)19/h7-9,14,17H,3-6H2,1-2H3,(H2,13,18)(H,15,19)/t7-,8?,9+,12?/m1/s1. The van der Waals surface area contributed by atoms with Crippen LogP contribution in [0.5, 0.6) is 0 Å². The predicted molar refractivity (Wildman–Crippen MR) is 69.2 cm³/mol. The van der Waals surface area contributed by atoms with Crippen LogP contribution in [0.3, 0.4) is 0 Å². The maximum Gasteiger partial charge on any atom is 0.242 e. The molecule has 0 aromatic heterocycles. The molecule has 2 rings (SSSR count). The molecule has 0 aromatic rings. The van der Waals surface area contributed by atoms with Gasteiger partial charge < -0.3 is 21.5 Å². The molecule has 7 nitrogen and oxygen atoms in total. The van der Waals surface area contributed by atoms with Crippen molar-refractivity contribution in [3.8, 4) is 0 Å². The van der Waals surface area contributed by atoms with Crippen molar-refractivity contribution < 1.29 is 14.7 Å². The number of primary amides is 1. The average molecular weight is 270 g/mol. The van der Waals surface area contributed by atoms with E-state index in [1.807, 2.05) is 7.05 Å². The van der Waals surface area contributed by atoms with Crippen LogP contribution < -0.4 is 16.4 Å². The Hall–Kier alpha value is -1.18. The summed E-state index contributed by atoms with van der Waals surface area (Å²) < 4.78 is 0. The number of aliphatic hydroxyl groups is 1. The van der Waals surface area contributed by atoms with E-state index in [-0.39, 0.29) is 17.5 Å². The van der Waals surface area contributed by atoms with Crippen LogP contribution in [0, 0.1) is 0 Å². The number of carbonyl (C=O) groups is 2. The van der Waals surface area contributed by atoms with Gasteiger partial charge in [-0.25, -0.2) is 0 Å².